The van der Waals surface area contributed by atoms with Crippen LogP contribution in [0.4, 0.5) is 11.4 Å². The molecule has 1 aromatic carbocycles. The zero-order valence-corrected chi connectivity index (χ0v) is 18.2. The van der Waals surface area contributed by atoms with E-state index in [1.807, 2.05) is 9.97 Å². The Morgan fingerprint density at radius 3 is 2.58 bits per heavy atom. The molecule has 0 aliphatic carbocycles. The smallest absolute Gasteiger partial charge is 0.357 e. The molecule has 3 rings (SSSR count). The number of sulfonamides is 1. The number of morpholine rings is 1. The van der Waals surface area contributed by atoms with Gasteiger partial charge in [-0.2, -0.15) is 4.31 Å². The lowest BCUT2D eigenvalue weighted by Crippen LogP contribution is -2.40. The van der Waals surface area contributed by atoms with Gasteiger partial charge in [-0.1, -0.05) is 0 Å². The minimum atomic E-state index is -3.78. The van der Waals surface area contributed by atoms with Crippen LogP contribution in [-0.4, -0.2) is 74.6 Å². The largest absolute Gasteiger partial charge is 0.495 e. The van der Waals surface area contributed by atoms with Crippen LogP contribution < -0.4 is 27.0 Å². The van der Waals surface area contributed by atoms with Gasteiger partial charge in [-0.25, -0.2) is 18.0 Å². The van der Waals surface area contributed by atoms with Gasteiger partial charge in [0.1, 0.15) is 11.4 Å². The first-order chi connectivity index (χ1) is 15.6. The minimum Gasteiger partial charge on any atom is -0.495 e. The van der Waals surface area contributed by atoms with Crippen LogP contribution in [0, 0.1) is 0 Å². The van der Waals surface area contributed by atoms with Crippen molar-refractivity contribution in [2.24, 2.45) is 0 Å². The van der Waals surface area contributed by atoms with Crippen LogP contribution in [0.2, 0.25) is 0 Å². The highest BCUT2D eigenvalue weighted by Gasteiger charge is 2.27. The summed E-state index contributed by atoms with van der Waals surface area (Å²) in [7, 11) is -2.49. The highest BCUT2D eigenvalue weighted by molar-refractivity contribution is 7.89. The maximum atomic E-state index is 12.8. The van der Waals surface area contributed by atoms with Crippen LogP contribution in [-0.2, 0) is 24.3 Å². The van der Waals surface area contributed by atoms with Crippen LogP contribution in [0.15, 0.2) is 32.7 Å². The summed E-state index contributed by atoms with van der Waals surface area (Å²) in [6.07, 6.45) is 0. The van der Waals surface area contributed by atoms with Crippen molar-refractivity contribution in [1.29, 1.82) is 0 Å². The standard InChI is InChI=1S/C18H21N5O9S/c1-30-12-8-10(33(28,29)23-4-6-31-7-5-23)2-3-11(12)20-13(24)9-32-17(26)15-14(19)16(25)22-18(27)21-15/h2-3,8H,4-7,9,19H2,1H3,(H,20,24)(H2,21,22,25,27). The van der Waals surface area contributed by atoms with E-state index in [4.69, 9.17) is 19.9 Å². The van der Waals surface area contributed by atoms with Crippen molar-refractivity contribution in [3.05, 3.63) is 44.7 Å². The van der Waals surface area contributed by atoms with Crippen LogP contribution in [0.1, 0.15) is 10.5 Å². The second kappa shape index (κ2) is 9.85. The van der Waals surface area contributed by atoms with Gasteiger partial charge in [0.25, 0.3) is 11.5 Å². The molecule has 1 aromatic heterocycles. The zero-order chi connectivity index (χ0) is 24.2. The lowest BCUT2D eigenvalue weighted by molar-refractivity contribution is -0.119. The molecule has 33 heavy (non-hydrogen) atoms. The van der Waals surface area contributed by atoms with E-state index in [0.29, 0.717) is 13.2 Å². The van der Waals surface area contributed by atoms with E-state index in [1.54, 1.807) is 0 Å². The van der Waals surface area contributed by atoms with Gasteiger partial charge in [0, 0.05) is 19.2 Å². The molecule has 14 nitrogen and oxygen atoms in total. The third kappa shape index (κ3) is 5.39. The van der Waals surface area contributed by atoms with Gasteiger partial charge in [-0.3, -0.25) is 19.6 Å². The monoisotopic (exact) mass is 483 g/mol. The van der Waals surface area contributed by atoms with Crippen molar-refractivity contribution >= 4 is 33.3 Å². The maximum absolute atomic E-state index is 12.8. The van der Waals surface area contributed by atoms with Crippen LogP contribution >= 0.6 is 0 Å². The Bertz CT molecular complexity index is 1280. The Morgan fingerprint density at radius 2 is 1.91 bits per heavy atom. The van der Waals surface area contributed by atoms with Crippen LogP contribution in [0.5, 0.6) is 5.75 Å². The predicted octanol–water partition coefficient (Wildman–Crippen LogP) is -1.53. The Morgan fingerprint density at radius 1 is 1.21 bits per heavy atom. The van der Waals surface area contributed by atoms with Gasteiger partial charge in [-0.05, 0) is 12.1 Å². The number of methoxy groups -OCH3 is 1. The number of benzene rings is 1. The molecule has 1 fully saturated rings. The third-order valence-corrected chi connectivity index (χ3v) is 6.47. The lowest BCUT2D eigenvalue weighted by atomic mass is 10.3. The summed E-state index contributed by atoms with van der Waals surface area (Å²) in [5.74, 6) is -1.92. The molecule has 2 aromatic rings. The quantitative estimate of drug-likeness (QED) is 0.335. The summed E-state index contributed by atoms with van der Waals surface area (Å²) in [5, 5.41) is 2.42. The summed E-state index contributed by atoms with van der Waals surface area (Å²) in [6, 6.07) is 3.89. The Kier molecular flexibility index (Phi) is 7.15. The molecule has 0 saturated carbocycles. The molecule has 178 valence electrons. The number of aromatic nitrogens is 2. The number of ether oxygens (including phenoxy) is 3. The highest BCUT2D eigenvalue weighted by atomic mass is 32.2. The summed E-state index contributed by atoms with van der Waals surface area (Å²) in [4.78, 5) is 50.8. The summed E-state index contributed by atoms with van der Waals surface area (Å²) < 4.78 is 42.0. The molecule has 1 saturated heterocycles. The second-order valence-electron chi connectivity index (χ2n) is 6.70. The van der Waals surface area contributed by atoms with Crippen LogP contribution in [0.3, 0.4) is 0 Å². The van der Waals surface area contributed by atoms with Gasteiger partial charge < -0.3 is 25.3 Å². The molecule has 0 spiro atoms. The van der Waals surface area contributed by atoms with Crippen molar-refractivity contribution in [2.75, 3.05) is 51.1 Å². The molecule has 0 bridgehead atoms. The molecule has 2 heterocycles. The van der Waals surface area contributed by atoms with E-state index in [-0.39, 0.29) is 29.4 Å². The maximum Gasteiger partial charge on any atom is 0.357 e. The average Bonchev–Trinajstić information content (AvgIpc) is 2.80. The van der Waals surface area contributed by atoms with E-state index < -0.39 is 51.1 Å². The number of esters is 1. The zero-order valence-electron chi connectivity index (χ0n) is 17.4. The topological polar surface area (TPSA) is 203 Å². The number of nitrogens with two attached hydrogens (primary N) is 1. The van der Waals surface area contributed by atoms with Gasteiger partial charge in [0.2, 0.25) is 10.0 Å². The fourth-order valence-electron chi connectivity index (χ4n) is 2.92. The minimum absolute atomic E-state index is 0.0283. The number of aromatic amines is 2. The van der Waals surface area contributed by atoms with Crippen molar-refractivity contribution < 1.29 is 32.2 Å². The summed E-state index contributed by atoms with van der Waals surface area (Å²) >= 11 is 0. The fourth-order valence-corrected chi connectivity index (χ4v) is 4.34. The number of anilines is 2. The molecular weight excluding hydrogens is 462 g/mol. The van der Waals surface area contributed by atoms with E-state index >= 15 is 0 Å². The van der Waals surface area contributed by atoms with E-state index in [2.05, 4.69) is 5.32 Å². The summed E-state index contributed by atoms with van der Waals surface area (Å²) in [5.41, 5.74) is 2.45. The molecule has 1 amide bonds. The molecule has 5 N–H and O–H groups in total. The molecule has 15 heteroatoms. The molecule has 1 aliphatic rings. The van der Waals surface area contributed by atoms with E-state index in [0.717, 1.165) is 0 Å². The fraction of sp³-hybridized carbons (Fsp3) is 0.333. The summed E-state index contributed by atoms with van der Waals surface area (Å²) in [6.45, 7) is 0.236. The SMILES string of the molecule is COc1cc(S(=O)(=O)N2CCOCC2)ccc1NC(=O)COC(=O)c1[nH]c(=O)[nH]c(=O)c1N. The number of carbonyl (C=O) groups is 2. The Balaban J connectivity index is 1.69. The number of hydrogen-bond acceptors (Lipinski definition) is 10. The predicted molar refractivity (Wildman–Crippen MR) is 114 cm³/mol. The molecule has 0 unspecified atom stereocenters. The number of nitrogen functional groups attached to an aromatic ring is 1. The number of carbonyl (C=O) groups excluding carboxylic acids is 2. The number of rotatable bonds is 7. The van der Waals surface area contributed by atoms with E-state index in [1.165, 1.54) is 29.6 Å². The van der Waals surface area contributed by atoms with Gasteiger partial charge in [0.15, 0.2) is 12.3 Å². The molecule has 1 aliphatic heterocycles. The highest BCUT2D eigenvalue weighted by Crippen LogP contribution is 2.29. The van der Waals surface area contributed by atoms with Crippen molar-refractivity contribution in [3.63, 3.8) is 0 Å². The first-order valence-corrected chi connectivity index (χ1v) is 10.9. The number of nitrogens with zero attached hydrogens (tertiary/aromatic N) is 1. The third-order valence-electron chi connectivity index (χ3n) is 4.57. The Labute approximate surface area is 186 Å². The van der Waals surface area contributed by atoms with E-state index in [9.17, 15) is 27.6 Å². The number of amides is 1. The van der Waals surface area contributed by atoms with Crippen molar-refractivity contribution in [1.82, 2.24) is 14.3 Å². The first-order valence-electron chi connectivity index (χ1n) is 9.48. The second-order valence-corrected chi connectivity index (χ2v) is 8.64. The number of H-pyrrole nitrogens is 2. The Hall–Kier alpha value is -3.69. The lowest BCUT2D eigenvalue weighted by Gasteiger charge is -2.26. The van der Waals surface area contributed by atoms with Gasteiger partial charge in [0.05, 0.1) is 30.9 Å². The van der Waals surface area contributed by atoms with Crippen molar-refractivity contribution in [2.45, 2.75) is 4.90 Å². The first kappa shape index (κ1) is 24.0. The average molecular weight is 483 g/mol. The molecular formula is C18H21N5O9S. The number of hydrogen-bond donors (Lipinski definition) is 4. The molecule has 0 atom stereocenters. The number of nitrogens with one attached hydrogen (secondary N) is 3. The van der Waals surface area contributed by atoms with Gasteiger partial charge >= 0.3 is 11.7 Å². The molecule has 0 radical (unpaired) electrons. The van der Waals surface area contributed by atoms with Crippen molar-refractivity contribution in [3.8, 4) is 5.75 Å². The van der Waals surface area contributed by atoms with Gasteiger partial charge in [-0.15, -0.1) is 0 Å². The van der Waals surface area contributed by atoms with Crippen LogP contribution in [0.25, 0.3) is 0 Å². The normalized spacial score (nSPS) is 14.5.